The SMILES string of the molecule is Cc1ccc(O)c(CN2CCn3cnnc3C2)c1. The Morgan fingerprint density at radius 3 is 3.11 bits per heavy atom. The van der Waals surface area contributed by atoms with E-state index in [2.05, 4.69) is 19.7 Å². The number of benzene rings is 1. The van der Waals surface area contributed by atoms with Crippen molar-refractivity contribution in [2.75, 3.05) is 6.54 Å². The maximum Gasteiger partial charge on any atom is 0.147 e. The van der Waals surface area contributed by atoms with Crippen molar-refractivity contribution in [3.8, 4) is 5.75 Å². The van der Waals surface area contributed by atoms with E-state index >= 15 is 0 Å². The average molecular weight is 244 g/mol. The van der Waals surface area contributed by atoms with Gasteiger partial charge in [0.25, 0.3) is 0 Å². The summed E-state index contributed by atoms with van der Waals surface area (Å²) in [6.45, 7) is 5.44. The van der Waals surface area contributed by atoms with Crippen LogP contribution in [0.1, 0.15) is 17.0 Å². The summed E-state index contributed by atoms with van der Waals surface area (Å²) >= 11 is 0. The maximum absolute atomic E-state index is 9.86. The van der Waals surface area contributed by atoms with Crippen LogP contribution in [0.4, 0.5) is 0 Å². The molecule has 0 amide bonds. The van der Waals surface area contributed by atoms with E-state index in [1.54, 1.807) is 12.4 Å². The van der Waals surface area contributed by atoms with Crippen molar-refractivity contribution in [3.63, 3.8) is 0 Å². The zero-order valence-electron chi connectivity index (χ0n) is 10.4. The van der Waals surface area contributed by atoms with E-state index in [1.165, 1.54) is 5.56 Å². The summed E-state index contributed by atoms with van der Waals surface area (Å²) in [7, 11) is 0. The number of aryl methyl sites for hydroxylation is 1. The van der Waals surface area contributed by atoms with Gasteiger partial charge in [0.05, 0.1) is 6.54 Å². The first kappa shape index (κ1) is 11.2. The van der Waals surface area contributed by atoms with Crippen LogP contribution in [0.25, 0.3) is 0 Å². The Morgan fingerprint density at radius 2 is 2.22 bits per heavy atom. The van der Waals surface area contributed by atoms with E-state index in [0.717, 1.165) is 37.6 Å². The Hall–Kier alpha value is -1.88. The van der Waals surface area contributed by atoms with Crippen LogP contribution in [0.3, 0.4) is 0 Å². The molecule has 0 fully saturated rings. The van der Waals surface area contributed by atoms with Gasteiger partial charge in [-0.2, -0.15) is 0 Å². The van der Waals surface area contributed by atoms with Crippen LogP contribution in [0, 0.1) is 6.92 Å². The lowest BCUT2D eigenvalue weighted by Gasteiger charge is -2.27. The Morgan fingerprint density at radius 1 is 1.33 bits per heavy atom. The number of rotatable bonds is 2. The second kappa shape index (κ2) is 4.42. The first-order chi connectivity index (χ1) is 8.72. The first-order valence-electron chi connectivity index (χ1n) is 6.10. The molecule has 5 nitrogen and oxygen atoms in total. The monoisotopic (exact) mass is 244 g/mol. The van der Waals surface area contributed by atoms with Gasteiger partial charge in [-0.3, -0.25) is 4.90 Å². The van der Waals surface area contributed by atoms with Crippen LogP contribution in [-0.2, 0) is 19.6 Å². The van der Waals surface area contributed by atoms with Gasteiger partial charge in [-0.15, -0.1) is 10.2 Å². The molecule has 0 saturated heterocycles. The maximum atomic E-state index is 9.86. The fourth-order valence-electron chi connectivity index (χ4n) is 2.33. The lowest BCUT2D eigenvalue weighted by molar-refractivity contribution is 0.206. The van der Waals surface area contributed by atoms with E-state index in [9.17, 15) is 5.11 Å². The molecule has 1 N–H and O–H groups in total. The summed E-state index contributed by atoms with van der Waals surface area (Å²) in [5.74, 6) is 1.36. The summed E-state index contributed by atoms with van der Waals surface area (Å²) in [5.41, 5.74) is 2.14. The van der Waals surface area contributed by atoms with Crippen LogP contribution in [0.5, 0.6) is 5.75 Å². The standard InChI is InChI=1S/C13H16N4O/c1-10-2-3-12(18)11(6-10)7-16-4-5-17-9-14-15-13(17)8-16/h2-3,6,9,18H,4-5,7-8H2,1H3. The highest BCUT2D eigenvalue weighted by molar-refractivity contribution is 5.35. The molecule has 1 aliphatic rings. The summed E-state index contributed by atoms with van der Waals surface area (Å²) in [6.07, 6.45) is 1.77. The number of aromatic nitrogens is 3. The molecule has 3 rings (SSSR count). The molecule has 2 heterocycles. The first-order valence-corrected chi connectivity index (χ1v) is 6.10. The molecule has 1 aromatic heterocycles. The van der Waals surface area contributed by atoms with Crippen molar-refractivity contribution in [2.24, 2.45) is 0 Å². The quantitative estimate of drug-likeness (QED) is 0.865. The fraction of sp³-hybridized carbons (Fsp3) is 0.385. The van der Waals surface area contributed by atoms with Crippen molar-refractivity contribution in [2.45, 2.75) is 26.6 Å². The predicted molar refractivity (Wildman–Crippen MR) is 67.0 cm³/mol. The van der Waals surface area contributed by atoms with Crippen molar-refractivity contribution in [3.05, 3.63) is 41.5 Å². The number of phenolic OH excluding ortho intramolecular Hbond substituents is 1. The molecule has 2 aromatic rings. The Kier molecular flexibility index (Phi) is 2.76. The van der Waals surface area contributed by atoms with E-state index in [-0.39, 0.29) is 0 Å². The van der Waals surface area contributed by atoms with Crippen LogP contribution in [0.15, 0.2) is 24.5 Å². The average Bonchev–Trinajstić information content (AvgIpc) is 2.81. The highest BCUT2D eigenvalue weighted by Gasteiger charge is 2.18. The fourth-order valence-corrected chi connectivity index (χ4v) is 2.33. The molecule has 0 radical (unpaired) electrons. The molecular weight excluding hydrogens is 228 g/mol. The van der Waals surface area contributed by atoms with E-state index < -0.39 is 0 Å². The van der Waals surface area contributed by atoms with Crippen LogP contribution in [0.2, 0.25) is 0 Å². The minimum atomic E-state index is 0.368. The van der Waals surface area contributed by atoms with Gasteiger partial charge >= 0.3 is 0 Å². The molecule has 0 aliphatic carbocycles. The third-order valence-corrected chi connectivity index (χ3v) is 3.35. The predicted octanol–water partition coefficient (Wildman–Crippen LogP) is 1.31. The second-order valence-corrected chi connectivity index (χ2v) is 4.78. The van der Waals surface area contributed by atoms with Crippen LogP contribution in [-0.4, -0.2) is 31.3 Å². The molecule has 1 aromatic carbocycles. The molecule has 0 bridgehead atoms. The largest absolute Gasteiger partial charge is 0.508 e. The number of hydrogen-bond donors (Lipinski definition) is 1. The third kappa shape index (κ3) is 2.09. The number of fused-ring (bicyclic) bond motifs is 1. The van der Waals surface area contributed by atoms with Gasteiger partial charge in [0.15, 0.2) is 0 Å². The lowest BCUT2D eigenvalue weighted by Crippen LogP contribution is -2.33. The van der Waals surface area contributed by atoms with Crippen molar-refractivity contribution in [1.29, 1.82) is 0 Å². The highest BCUT2D eigenvalue weighted by atomic mass is 16.3. The van der Waals surface area contributed by atoms with E-state index in [1.807, 2.05) is 19.1 Å². The van der Waals surface area contributed by atoms with Crippen LogP contribution < -0.4 is 0 Å². The van der Waals surface area contributed by atoms with Gasteiger partial charge in [0, 0.05) is 25.2 Å². The molecule has 94 valence electrons. The van der Waals surface area contributed by atoms with Crippen LogP contribution >= 0.6 is 0 Å². The molecule has 0 saturated carbocycles. The molecule has 0 atom stereocenters. The summed E-state index contributed by atoms with van der Waals surface area (Å²) in [6, 6.07) is 5.72. The zero-order valence-corrected chi connectivity index (χ0v) is 10.4. The lowest BCUT2D eigenvalue weighted by atomic mass is 10.1. The number of hydrogen-bond acceptors (Lipinski definition) is 4. The Bertz CT molecular complexity index is 564. The number of nitrogens with zero attached hydrogens (tertiary/aromatic N) is 4. The number of aromatic hydroxyl groups is 1. The third-order valence-electron chi connectivity index (χ3n) is 3.35. The molecule has 0 spiro atoms. The summed E-state index contributed by atoms with van der Waals surface area (Å²) in [4.78, 5) is 2.28. The van der Waals surface area contributed by atoms with E-state index in [4.69, 9.17) is 0 Å². The van der Waals surface area contributed by atoms with Crippen molar-refractivity contribution >= 4 is 0 Å². The summed E-state index contributed by atoms with van der Waals surface area (Å²) < 4.78 is 2.08. The highest BCUT2D eigenvalue weighted by Crippen LogP contribution is 2.21. The number of phenols is 1. The minimum Gasteiger partial charge on any atom is -0.508 e. The van der Waals surface area contributed by atoms with Crippen molar-refractivity contribution in [1.82, 2.24) is 19.7 Å². The smallest absolute Gasteiger partial charge is 0.147 e. The van der Waals surface area contributed by atoms with Crippen molar-refractivity contribution < 1.29 is 5.11 Å². The van der Waals surface area contributed by atoms with E-state index in [0.29, 0.717) is 5.75 Å². The van der Waals surface area contributed by atoms with Gasteiger partial charge in [0.1, 0.15) is 17.9 Å². The second-order valence-electron chi connectivity index (χ2n) is 4.78. The van der Waals surface area contributed by atoms with Gasteiger partial charge < -0.3 is 9.67 Å². The normalized spacial score (nSPS) is 15.6. The molecule has 0 unspecified atom stereocenters. The Balaban J connectivity index is 1.76. The van der Waals surface area contributed by atoms with Gasteiger partial charge in [0.2, 0.25) is 0 Å². The van der Waals surface area contributed by atoms with Gasteiger partial charge in [-0.1, -0.05) is 17.7 Å². The van der Waals surface area contributed by atoms with Gasteiger partial charge in [-0.25, -0.2) is 0 Å². The van der Waals surface area contributed by atoms with Gasteiger partial charge in [-0.05, 0) is 13.0 Å². The molecule has 1 aliphatic heterocycles. The zero-order chi connectivity index (χ0) is 12.5. The Labute approximate surface area is 106 Å². The molecular formula is C13H16N4O. The minimum absolute atomic E-state index is 0.368. The topological polar surface area (TPSA) is 54.2 Å². The molecule has 18 heavy (non-hydrogen) atoms. The molecule has 5 heteroatoms. The summed E-state index contributed by atoms with van der Waals surface area (Å²) in [5, 5.41) is 17.9.